The van der Waals surface area contributed by atoms with E-state index in [2.05, 4.69) is 0 Å². The first-order valence-electron chi connectivity index (χ1n) is 6.88. The Morgan fingerprint density at radius 1 is 1.20 bits per heavy atom. The van der Waals surface area contributed by atoms with E-state index >= 15 is 0 Å². The zero-order valence-electron chi connectivity index (χ0n) is 11.6. The molecular formula is C13H20N2O5. The number of likely N-dealkylation sites (tertiary alicyclic amines) is 1. The molecule has 1 aliphatic heterocycles. The molecule has 1 N–H and O–H groups in total. The largest absolute Gasteiger partial charge is 0.480 e. The van der Waals surface area contributed by atoms with Crippen LogP contribution in [0.4, 0.5) is 4.79 Å². The first-order chi connectivity index (χ1) is 9.52. The third-order valence-electron chi connectivity index (χ3n) is 3.84. The van der Waals surface area contributed by atoms with E-state index in [9.17, 15) is 14.4 Å². The van der Waals surface area contributed by atoms with Crippen molar-refractivity contribution in [2.45, 2.75) is 31.7 Å². The second-order valence-corrected chi connectivity index (χ2v) is 5.32. The van der Waals surface area contributed by atoms with Crippen LogP contribution in [0.5, 0.6) is 0 Å². The number of ether oxygens (including phenoxy) is 1. The molecule has 0 aromatic carbocycles. The molecule has 2 fully saturated rings. The Bertz CT molecular complexity index is 400. The molecule has 2 aliphatic rings. The predicted octanol–water partition coefficient (Wildman–Crippen LogP) is 0.540. The molecular weight excluding hydrogens is 264 g/mol. The molecule has 2 amide bonds. The average molecular weight is 284 g/mol. The Hall–Kier alpha value is -1.79. The molecule has 7 nitrogen and oxygen atoms in total. The summed E-state index contributed by atoms with van der Waals surface area (Å²) in [5.74, 6) is -1.38. The molecule has 1 saturated carbocycles. The van der Waals surface area contributed by atoms with E-state index in [1.807, 2.05) is 0 Å². The van der Waals surface area contributed by atoms with Gasteiger partial charge in [-0.05, 0) is 25.7 Å². The van der Waals surface area contributed by atoms with Gasteiger partial charge >= 0.3 is 18.0 Å². The van der Waals surface area contributed by atoms with Crippen LogP contribution in [0.25, 0.3) is 0 Å². The van der Waals surface area contributed by atoms with Gasteiger partial charge in [0.15, 0.2) is 0 Å². The van der Waals surface area contributed by atoms with Gasteiger partial charge in [0.05, 0.1) is 13.0 Å². The summed E-state index contributed by atoms with van der Waals surface area (Å²) in [6.07, 6.45) is 2.89. The molecule has 0 radical (unpaired) electrons. The number of urea groups is 1. The molecule has 1 saturated heterocycles. The van der Waals surface area contributed by atoms with E-state index < -0.39 is 5.97 Å². The number of esters is 1. The van der Waals surface area contributed by atoms with Crippen molar-refractivity contribution in [1.82, 2.24) is 9.80 Å². The van der Waals surface area contributed by atoms with E-state index in [-0.39, 0.29) is 30.5 Å². The average Bonchev–Trinajstić information content (AvgIpc) is 3.27. The Morgan fingerprint density at radius 3 is 2.25 bits per heavy atom. The minimum absolute atomic E-state index is 0.0666. The Morgan fingerprint density at radius 2 is 1.80 bits per heavy atom. The van der Waals surface area contributed by atoms with Crippen LogP contribution in [-0.4, -0.2) is 65.7 Å². The van der Waals surface area contributed by atoms with Crippen LogP contribution in [0.15, 0.2) is 0 Å². The molecule has 0 aromatic rings. The number of hydrogen-bond donors (Lipinski definition) is 1. The fraction of sp³-hybridized carbons (Fsp3) is 0.769. The van der Waals surface area contributed by atoms with Crippen LogP contribution in [-0.2, 0) is 14.3 Å². The minimum Gasteiger partial charge on any atom is -0.480 e. The zero-order chi connectivity index (χ0) is 14.7. The third-order valence-corrected chi connectivity index (χ3v) is 3.84. The van der Waals surface area contributed by atoms with Gasteiger partial charge in [-0.1, -0.05) is 0 Å². The van der Waals surface area contributed by atoms with E-state index in [1.165, 1.54) is 12.0 Å². The van der Waals surface area contributed by atoms with Crippen molar-refractivity contribution in [3.8, 4) is 0 Å². The van der Waals surface area contributed by atoms with Crippen LogP contribution in [0.3, 0.4) is 0 Å². The predicted molar refractivity (Wildman–Crippen MR) is 69.1 cm³/mol. The monoisotopic (exact) mass is 284 g/mol. The van der Waals surface area contributed by atoms with Gasteiger partial charge in [0.1, 0.15) is 6.54 Å². The van der Waals surface area contributed by atoms with Crippen molar-refractivity contribution >= 4 is 18.0 Å². The van der Waals surface area contributed by atoms with Crippen molar-refractivity contribution < 1.29 is 24.2 Å². The number of methoxy groups -OCH3 is 1. The molecule has 0 spiro atoms. The van der Waals surface area contributed by atoms with Crippen LogP contribution < -0.4 is 0 Å². The number of carboxylic acids is 1. The molecule has 1 heterocycles. The Balaban J connectivity index is 1.89. The molecule has 0 unspecified atom stereocenters. The number of nitrogens with zero attached hydrogens (tertiary/aromatic N) is 2. The van der Waals surface area contributed by atoms with Crippen LogP contribution in [0.2, 0.25) is 0 Å². The lowest BCUT2D eigenvalue weighted by molar-refractivity contribution is -0.146. The van der Waals surface area contributed by atoms with Crippen molar-refractivity contribution in [1.29, 1.82) is 0 Å². The Kier molecular flexibility index (Phi) is 4.46. The number of carbonyl (C=O) groups is 3. The highest BCUT2D eigenvalue weighted by atomic mass is 16.5. The lowest BCUT2D eigenvalue weighted by Gasteiger charge is -2.34. The summed E-state index contributed by atoms with van der Waals surface area (Å²) < 4.78 is 4.70. The molecule has 0 atom stereocenters. The number of rotatable bonds is 4. The third kappa shape index (κ3) is 3.40. The molecule has 0 bridgehead atoms. The lowest BCUT2D eigenvalue weighted by Crippen LogP contribution is -2.49. The van der Waals surface area contributed by atoms with Gasteiger partial charge in [-0.25, -0.2) is 4.79 Å². The number of amides is 2. The Labute approximate surface area is 117 Å². The first-order valence-corrected chi connectivity index (χ1v) is 6.88. The standard InChI is InChI=1S/C13H20N2O5/c1-20-12(18)9-4-6-14(7-5-9)13(19)15(8-11(16)17)10-2-3-10/h9-10H,2-8H2,1H3,(H,16,17). The molecule has 1 aliphatic carbocycles. The van der Waals surface area contributed by atoms with Gasteiger partial charge in [0, 0.05) is 19.1 Å². The van der Waals surface area contributed by atoms with Crippen LogP contribution >= 0.6 is 0 Å². The number of hydrogen-bond acceptors (Lipinski definition) is 4. The van der Waals surface area contributed by atoms with Crippen molar-refractivity contribution in [2.75, 3.05) is 26.7 Å². The number of aliphatic carboxylic acids is 1. The summed E-state index contributed by atoms with van der Waals surface area (Å²) >= 11 is 0. The topological polar surface area (TPSA) is 87.2 Å². The maximum atomic E-state index is 12.3. The molecule has 20 heavy (non-hydrogen) atoms. The summed E-state index contributed by atoms with van der Waals surface area (Å²) in [6, 6.07) is -0.157. The maximum absolute atomic E-state index is 12.3. The smallest absolute Gasteiger partial charge is 0.323 e. The number of carbonyl (C=O) groups excluding carboxylic acids is 2. The van der Waals surface area contributed by atoms with Gasteiger partial charge < -0.3 is 19.6 Å². The van der Waals surface area contributed by atoms with E-state index in [4.69, 9.17) is 9.84 Å². The summed E-state index contributed by atoms with van der Waals surface area (Å²) in [5.41, 5.74) is 0. The molecule has 0 aromatic heterocycles. The van der Waals surface area contributed by atoms with Gasteiger partial charge in [-0.15, -0.1) is 0 Å². The van der Waals surface area contributed by atoms with E-state index in [0.717, 1.165) is 12.8 Å². The van der Waals surface area contributed by atoms with E-state index in [1.54, 1.807) is 4.90 Å². The normalized spacial score (nSPS) is 19.6. The highest BCUT2D eigenvalue weighted by Gasteiger charge is 2.37. The van der Waals surface area contributed by atoms with Gasteiger partial charge in [-0.3, -0.25) is 9.59 Å². The van der Waals surface area contributed by atoms with Gasteiger partial charge in [-0.2, -0.15) is 0 Å². The van der Waals surface area contributed by atoms with Crippen molar-refractivity contribution in [3.05, 3.63) is 0 Å². The van der Waals surface area contributed by atoms with Gasteiger partial charge in [0.25, 0.3) is 0 Å². The number of piperidine rings is 1. The number of carboxylic acid groups (broad SMARTS) is 1. The van der Waals surface area contributed by atoms with Gasteiger partial charge in [0.2, 0.25) is 0 Å². The lowest BCUT2D eigenvalue weighted by atomic mass is 9.97. The highest BCUT2D eigenvalue weighted by molar-refractivity contribution is 5.81. The second-order valence-electron chi connectivity index (χ2n) is 5.32. The van der Waals surface area contributed by atoms with Crippen molar-refractivity contribution in [2.24, 2.45) is 5.92 Å². The maximum Gasteiger partial charge on any atom is 0.323 e. The zero-order valence-corrected chi connectivity index (χ0v) is 11.6. The fourth-order valence-electron chi connectivity index (χ4n) is 2.54. The quantitative estimate of drug-likeness (QED) is 0.761. The summed E-state index contributed by atoms with van der Waals surface area (Å²) in [5, 5.41) is 8.88. The minimum atomic E-state index is -0.991. The summed E-state index contributed by atoms with van der Waals surface area (Å²) in [4.78, 5) is 37.7. The highest BCUT2D eigenvalue weighted by Crippen LogP contribution is 2.28. The SMILES string of the molecule is COC(=O)C1CCN(C(=O)N(CC(=O)O)C2CC2)CC1. The molecule has 7 heteroatoms. The van der Waals surface area contributed by atoms with Crippen LogP contribution in [0, 0.1) is 5.92 Å². The second kappa shape index (κ2) is 6.11. The van der Waals surface area contributed by atoms with Crippen LogP contribution in [0.1, 0.15) is 25.7 Å². The summed E-state index contributed by atoms with van der Waals surface area (Å²) in [6.45, 7) is 0.698. The molecule has 2 rings (SSSR count). The van der Waals surface area contributed by atoms with E-state index in [0.29, 0.717) is 25.9 Å². The molecule has 112 valence electrons. The first kappa shape index (κ1) is 14.6. The fourth-order valence-corrected chi connectivity index (χ4v) is 2.54. The summed E-state index contributed by atoms with van der Waals surface area (Å²) in [7, 11) is 1.36. The van der Waals surface area contributed by atoms with Crippen molar-refractivity contribution in [3.63, 3.8) is 0 Å².